The van der Waals surface area contributed by atoms with Gasteiger partial charge in [-0.1, -0.05) is 6.92 Å². The molecule has 0 saturated carbocycles. The van der Waals surface area contributed by atoms with E-state index in [2.05, 4.69) is 15.2 Å². The zero-order valence-electron chi connectivity index (χ0n) is 10.0. The summed E-state index contributed by atoms with van der Waals surface area (Å²) in [4.78, 5) is 31.4. The molecule has 1 fully saturated rings. The molecule has 6 heteroatoms. The summed E-state index contributed by atoms with van der Waals surface area (Å²) in [5.74, 6) is -0.345. The Morgan fingerprint density at radius 3 is 2.62 bits per heavy atom. The summed E-state index contributed by atoms with van der Waals surface area (Å²) in [5.41, 5.74) is 2.29. The third kappa shape index (κ3) is 2.93. The van der Waals surface area contributed by atoms with Gasteiger partial charge in [0.1, 0.15) is 6.04 Å². The van der Waals surface area contributed by atoms with Gasteiger partial charge in [-0.3, -0.25) is 19.3 Å². The van der Waals surface area contributed by atoms with E-state index >= 15 is 0 Å². The number of rotatable bonds is 3. The van der Waals surface area contributed by atoms with Gasteiger partial charge in [0.15, 0.2) is 0 Å². The van der Waals surface area contributed by atoms with Gasteiger partial charge in [-0.25, -0.2) is 5.48 Å². The van der Waals surface area contributed by atoms with Crippen LogP contribution in [0.25, 0.3) is 0 Å². The maximum Gasteiger partial charge on any atom is 0.267 e. The molecule has 1 aliphatic heterocycles. The van der Waals surface area contributed by atoms with Crippen molar-refractivity contribution in [2.75, 3.05) is 33.3 Å². The second kappa shape index (κ2) is 5.81. The molecular weight excluding hydrogens is 210 g/mol. The van der Waals surface area contributed by atoms with Gasteiger partial charge >= 0.3 is 0 Å². The van der Waals surface area contributed by atoms with Gasteiger partial charge in [-0.2, -0.15) is 0 Å². The summed E-state index contributed by atoms with van der Waals surface area (Å²) in [6, 6.07) is -0.453. The molecule has 1 N–H and O–H groups in total. The van der Waals surface area contributed by atoms with Gasteiger partial charge in [0, 0.05) is 26.6 Å². The monoisotopic (exact) mass is 229 g/mol. The highest BCUT2D eigenvalue weighted by Gasteiger charge is 2.33. The number of amides is 2. The average molecular weight is 229 g/mol. The van der Waals surface area contributed by atoms with Crippen LogP contribution in [0.15, 0.2) is 0 Å². The average Bonchev–Trinajstić information content (AvgIpc) is 2.28. The molecule has 0 bridgehead atoms. The Bertz CT molecular complexity index is 270. The zero-order chi connectivity index (χ0) is 12.1. The SMILES string of the molecule is CCN1CCN(C(C)=O)C(C(=O)NOC)C1. The molecule has 92 valence electrons. The molecule has 0 spiro atoms. The number of nitrogens with zero attached hydrogens (tertiary/aromatic N) is 2. The van der Waals surface area contributed by atoms with Crippen LogP contribution < -0.4 is 5.48 Å². The first-order valence-electron chi connectivity index (χ1n) is 5.42. The molecule has 1 atom stereocenters. The van der Waals surface area contributed by atoms with Crippen molar-refractivity contribution in [3.05, 3.63) is 0 Å². The molecule has 6 nitrogen and oxygen atoms in total. The van der Waals surface area contributed by atoms with E-state index in [1.165, 1.54) is 14.0 Å². The molecule has 0 aromatic rings. The lowest BCUT2D eigenvalue weighted by Gasteiger charge is -2.39. The molecule has 2 amide bonds. The zero-order valence-corrected chi connectivity index (χ0v) is 10.0. The summed E-state index contributed by atoms with van der Waals surface area (Å²) < 4.78 is 0. The quantitative estimate of drug-likeness (QED) is 0.645. The summed E-state index contributed by atoms with van der Waals surface area (Å²) in [5, 5.41) is 0. The van der Waals surface area contributed by atoms with Crippen molar-refractivity contribution < 1.29 is 14.4 Å². The third-order valence-corrected chi connectivity index (χ3v) is 2.82. The van der Waals surface area contributed by atoms with Crippen LogP contribution in [0.1, 0.15) is 13.8 Å². The van der Waals surface area contributed by atoms with Gasteiger partial charge in [0.25, 0.3) is 5.91 Å². The number of carbonyl (C=O) groups excluding carboxylic acids is 2. The topological polar surface area (TPSA) is 61.9 Å². The molecular formula is C10H19N3O3. The molecule has 16 heavy (non-hydrogen) atoms. The van der Waals surface area contributed by atoms with Gasteiger partial charge in [-0.15, -0.1) is 0 Å². The smallest absolute Gasteiger partial charge is 0.267 e. The highest BCUT2D eigenvalue weighted by atomic mass is 16.6. The first-order chi connectivity index (χ1) is 7.60. The number of likely N-dealkylation sites (N-methyl/N-ethyl adjacent to an activating group) is 1. The molecule has 0 aromatic carbocycles. The number of hydroxylamine groups is 1. The molecule has 1 unspecified atom stereocenters. The Hall–Kier alpha value is -1.14. The number of nitrogens with one attached hydrogen (secondary N) is 1. The van der Waals surface area contributed by atoms with Crippen molar-refractivity contribution in [3.8, 4) is 0 Å². The summed E-state index contributed by atoms with van der Waals surface area (Å²) in [6.07, 6.45) is 0. The van der Waals surface area contributed by atoms with Crippen LogP contribution in [0.3, 0.4) is 0 Å². The van der Waals surface area contributed by atoms with E-state index in [9.17, 15) is 9.59 Å². The molecule has 1 rings (SSSR count). The van der Waals surface area contributed by atoms with Crippen LogP contribution in [0.4, 0.5) is 0 Å². The Morgan fingerprint density at radius 2 is 2.12 bits per heavy atom. The Morgan fingerprint density at radius 1 is 1.44 bits per heavy atom. The summed E-state index contributed by atoms with van der Waals surface area (Å²) in [7, 11) is 1.39. The van der Waals surface area contributed by atoms with Crippen molar-refractivity contribution in [1.29, 1.82) is 0 Å². The van der Waals surface area contributed by atoms with E-state index in [0.29, 0.717) is 13.1 Å². The number of hydrogen-bond acceptors (Lipinski definition) is 4. The van der Waals surface area contributed by atoms with Gasteiger partial charge in [-0.05, 0) is 6.54 Å². The minimum atomic E-state index is -0.453. The molecule has 0 radical (unpaired) electrons. The van der Waals surface area contributed by atoms with Crippen molar-refractivity contribution in [1.82, 2.24) is 15.3 Å². The maximum absolute atomic E-state index is 11.7. The fourth-order valence-electron chi connectivity index (χ4n) is 1.90. The molecule has 0 aliphatic carbocycles. The van der Waals surface area contributed by atoms with Crippen molar-refractivity contribution in [3.63, 3.8) is 0 Å². The molecule has 1 aliphatic rings. The second-order valence-corrected chi connectivity index (χ2v) is 3.79. The second-order valence-electron chi connectivity index (χ2n) is 3.79. The lowest BCUT2D eigenvalue weighted by molar-refractivity contribution is -0.148. The highest BCUT2D eigenvalue weighted by Crippen LogP contribution is 2.10. The summed E-state index contributed by atoms with van der Waals surface area (Å²) >= 11 is 0. The summed E-state index contributed by atoms with van der Waals surface area (Å²) in [6.45, 7) is 6.36. The molecule has 1 saturated heterocycles. The van der Waals surface area contributed by atoms with Crippen LogP contribution in [0.2, 0.25) is 0 Å². The van der Waals surface area contributed by atoms with Crippen LogP contribution >= 0.6 is 0 Å². The minimum absolute atomic E-state index is 0.0768. The van der Waals surface area contributed by atoms with Crippen LogP contribution in [-0.4, -0.2) is 60.9 Å². The third-order valence-electron chi connectivity index (χ3n) is 2.82. The number of piperazine rings is 1. The lowest BCUT2D eigenvalue weighted by Crippen LogP contribution is -2.60. The van der Waals surface area contributed by atoms with E-state index in [1.807, 2.05) is 6.92 Å². The van der Waals surface area contributed by atoms with E-state index in [0.717, 1.165) is 13.1 Å². The number of carbonyl (C=O) groups is 2. The van der Waals surface area contributed by atoms with Crippen molar-refractivity contribution >= 4 is 11.8 Å². The van der Waals surface area contributed by atoms with Crippen molar-refractivity contribution in [2.45, 2.75) is 19.9 Å². The van der Waals surface area contributed by atoms with E-state index < -0.39 is 6.04 Å². The van der Waals surface area contributed by atoms with Gasteiger partial charge < -0.3 is 4.90 Å². The fourth-order valence-corrected chi connectivity index (χ4v) is 1.90. The van der Waals surface area contributed by atoms with Crippen LogP contribution in [0.5, 0.6) is 0 Å². The Kier molecular flexibility index (Phi) is 4.70. The lowest BCUT2D eigenvalue weighted by atomic mass is 10.1. The molecule has 0 aromatic heterocycles. The highest BCUT2D eigenvalue weighted by molar-refractivity contribution is 5.86. The van der Waals surface area contributed by atoms with Crippen molar-refractivity contribution in [2.24, 2.45) is 0 Å². The predicted molar refractivity (Wildman–Crippen MR) is 58.4 cm³/mol. The maximum atomic E-state index is 11.7. The van der Waals surface area contributed by atoms with Crippen LogP contribution in [0, 0.1) is 0 Å². The normalized spacial score (nSPS) is 21.9. The van der Waals surface area contributed by atoms with Gasteiger partial charge in [0.05, 0.1) is 7.11 Å². The standard InChI is InChI=1S/C10H19N3O3/c1-4-12-5-6-13(8(2)14)9(7-12)10(15)11-16-3/h9H,4-7H2,1-3H3,(H,11,15). The van der Waals surface area contributed by atoms with E-state index in [-0.39, 0.29) is 11.8 Å². The largest absolute Gasteiger partial charge is 0.328 e. The minimum Gasteiger partial charge on any atom is -0.328 e. The van der Waals surface area contributed by atoms with Gasteiger partial charge in [0.2, 0.25) is 5.91 Å². The van der Waals surface area contributed by atoms with E-state index in [1.54, 1.807) is 4.90 Å². The fraction of sp³-hybridized carbons (Fsp3) is 0.800. The predicted octanol–water partition coefficient (Wildman–Crippen LogP) is -0.783. The van der Waals surface area contributed by atoms with Crippen LogP contribution in [-0.2, 0) is 14.4 Å². The first kappa shape index (κ1) is 12.9. The van der Waals surface area contributed by atoms with E-state index in [4.69, 9.17) is 0 Å². The molecule has 1 heterocycles. The first-order valence-corrected chi connectivity index (χ1v) is 5.42. The Labute approximate surface area is 95.5 Å². The number of hydrogen-bond donors (Lipinski definition) is 1. The Balaban J connectivity index is 2.71.